The number of aromatic nitrogens is 1. The van der Waals surface area contributed by atoms with Crippen LogP contribution in [0.5, 0.6) is 5.75 Å². The molecule has 1 aromatic carbocycles. The summed E-state index contributed by atoms with van der Waals surface area (Å²) >= 11 is 0. The number of methoxy groups -OCH3 is 1. The van der Waals surface area contributed by atoms with Crippen LogP contribution in [-0.2, 0) is 11.3 Å². The van der Waals surface area contributed by atoms with E-state index >= 15 is 0 Å². The van der Waals surface area contributed by atoms with Gasteiger partial charge in [0.05, 0.1) is 7.11 Å². The smallest absolute Gasteiger partial charge is 0.323 e. The third-order valence-corrected chi connectivity index (χ3v) is 4.74. The lowest BCUT2D eigenvalue weighted by molar-refractivity contribution is -0.130. The molecule has 0 radical (unpaired) electrons. The van der Waals surface area contributed by atoms with Gasteiger partial charge in [0, 0.05) is 24.5 Å². The second-order valence-electron chi connectivity index (χ2n) is 6.68. The third-order valence-electron chi connectivity index (χ3n) is 4.74. The van der Waals surface area contributed by atoms with E-state index in [1.807, 2.05) is 0 Å². The number of nitrogens with zero attached hydrogens (tertiary/aromatic N) is 2. The van der Waals surface area contributed by atoms with Gasteiger partial charge in [-0.3, -0.25) is 9.59 Å². The number of carbonyl (C=O) groups excluding carboxylic acids is 2. The van der Waals surface area contributed by atoms with Crippen molar-refractivity contribution in [1.82, 2.24) is 9.47 Å². The zero-order valence-electron chi connectivity index (χ0n) is 16.0. The molecular weight excluding hydrogens is 360 g/mol. The number of hydrogen-bond acceptors (Lipinski definition) is 4. The number of anilines is 2. The number of ether oxygens (including phenoxy) is 1. The zero-order chi connectivity index (χ0) is 20.1. The topological polar surface area (TPSA) is 92.7 Å². The largest absolute Gasteiger partial charge is 0.497 e. The first-order valence-electron chi connectivity index (χ1n) is 9.18. The molecule has 8 heteroatoms. The predicted octanol–water partition coefficient (Wildman–Crippen LogP) is 2.43. The number of urea groups is 1. The van der Waals surface area contributed by atoms with E-state index in [0.29, 0.717) is 17.1 Å². The van der Waals surface area contributed by atoms with Crippen LogP contribution in [0.4, 0.5) is 16.2 Å². The van der Waals surface area contributed by atoms with Crippen LogP contribution in [0.2, 0.25) is 0 Å². The minimum Gasteiger partial charge on any atom is -0.497 e. The SMILES string of the molecule is COc1ccc(NC(=O)Nc2ccc(C)n(CC(=O)N3CCCC3)c2=O)cc1. The van der Waals surface area contributed by atoms with E-state index < -0.39 is 11.6 Å². The van der Waals surface area contributed by atoms with Gasteiger partial charge in [-0.2, -0.15) is 0 Å². The van der Waals surface area contributed by atoms with Crippen LogP contribution < -0.4 is 20.9 Å². The van der Waals surface area contributed by atoms with E-state index in [0.717, 1.165) is 25.9 Å². The number of aryl methyl sites for hydroxylation is 1. The van der Waals surface area contributed by atoms with E-state index in [9.17, 15) is 14.4 Å². The summed E-state index contributed by atoms with van der Waals surface area (Å²) in [6, 6.07) is 9.55. The van der Waals surface area contributed by atoms with Crippen molar-refractivity contribution in [3.63, 3.8) is 0 Å². The highest BCUT2D eigenvalue weighted by atomic mass is 16.5. The predicted molar refractivity (Wildman–Crippen MR) is 107 cm³/mol. The summed E-state index contributed by atoms with van der Waals surface area (Å²) in [6.07, 6.45) is 1.99. The molecule has 3 rings (SSSR count). The zero-order valence-corrected chi connectivity index (χ0v) is 16.0. The average Bonchev–Trinajstić information content (AvgIpc) is 3.23. The number of carbonyl (C=O) groups is 2. The van der Waals surface area contributed by atoms with Gasteiger partial charge in [0.25, 0.3) is 5.56 Å². The average molecular weight is 384 g/mol. The Kier molecular flexibility index (Phi) is 5.98. The first-order valence-corrected chi connectivity index (χ1v) is 9.18. The van der Waals surface area contributed by atoms with Gasteiger partial charge in [0.15, 0.2) is 0 Å². The van der Waals surface area contributed by atoms with Crippen LogP contribution in [-0.4, -0.2) is 41.6 Å². The highest BCUT2D eigenvalue weighted by molar-refractivity contribution is 5.99. The van der Waals surface area contributed by atoms with Crippen molar-refractivity contribution in [3.8, 4) is 5.75 Å². The first kappa shape index (κ1) is 19.5. The number of likely N-dealkylation sites (tertiary alicyclic amines) is 1. The quantitative estimate of drug-likeness (QED) is 0.828. The van der Waals surface area contributed by atoms with E-state index in [-0.39, 0.29) is 18.1 Å². The molecule has 0 atom stereocenters. The lowest BCUT2D eigenvalue weighted by atomic mass is 10.3. The summed E-state index contributed by atoms with van der Waals surface area (Å²) in [5, 5.41) is 5.22. The lowest BCUT2D eigenvalue weighted by Gasteiger charge is -2.18. The van der Waals surface area contributed by atoms with Gasteiger partial charge >= 0.3 is 6.03 Å². The summed E-state index contributed by atoms with van der Waals surface area (Å²) in [6.45, 7) is 3.20. The van der Waals surface area contributed by atoms with Gasteiger partial charge in [-0.05, 0) is 56.2 Å². The molecule has 0 aliphatic carbocycles. The molecule has 1 aliphatic heterocycles. The number of benzene rings is 1. The lowest BCUT2D eigenvalue weighted by Crippen LogP contribution is -2.36. The molecule has 3 amide bonds. The molecule has 148 valence electrons. The van der Waals surface area contributed by atoms with E-state index in [2.05, 4.69) is 10.6 Å². The number of nitrogens with one attached hydrogen (secondary N) is 2. The molecule has 0 saturated carbocycles. The molecule has 2 heterocycles. The van der Waals surface area contributed by atoms with Crippen LogP contribution >= 0.6 is 0 Å². The van der Waals surface area contributed by atoms with Crippen molar-refractivity contribution in [3.05, 3.63) is 52.4 Å². The fourth-order valence-electron chi connectivity index (χ4n) is 3.12. The molecule has 1 aliphatic rings. The molecule has 8 nitrogen and oxygen atoms in total. The highest BCUT2D eigenvalue weighted by Gasteiger charge is 2.20. The van der Waals surface area contributed by atoms with Crippen molar-refractivity contribution in [2.24, 2.45) is 0 Å². The molecule has 1 fully saturated rings. The summed E-state index contributed by atoms with van der Waals surface area (Å²) in [7, 11) is 1.56. The van der Waals surface area contributed by atoms with Crippen LogP contribution in [0.3, 0.4) is 0 Å². The number of amides is 3. The highest BCUT2D eigenvalue weighted by Crippen LogP contribution is 2.15. The van der Waals surface area contributed by atoms with Gasteiger partial charge in [0.1, 0.15) is 18.0 Å². The molecule has 1 saturated heterocycles. The molecule has 28 heavy (non-hydrogen) atoms. The Morgan fingerprint density at radius 2 is 1.71 bits per heavy atom. The Bertz CT molecular complexity index is 915. The normalized spacial score (nSPS) is 13.3. The fraction of sp³-hybridized carbons (Fsp3) is 0.350. The minimum absolute atomic E-state index is 0.0275. The second kappa shape index (κ2) is 8.60. The molecule has 1 aromatic heterocycles. The summed E-state index contributed by atoms with van der Waals surface area (Å²) in [5.74, 6) is 0.595. The van der Waals surface area contributed by atoms with Crippen LogP contribution in [0.25, 0.3) is 0 Å². The second-order valence-corrected chi connectivity index (χ2v) is 6.68. The first-order chi connectivity index (χ1) is 13.5. The molecule has 2 N–H and O–H groups in total. The molecule has 0 unspecified atom stereocenters. The van der Waals surface area contributed by atoms with Gasteiger partial charge in [0.2, 0.25) is 5.91 Å². The molecule has 2 aromatic rings. The van der Waals surface area contributed by atoms with Gasteiger partial charge < -0.3 is 24.8 Å². The van der Waals surface area contributed by atoms with E-state index in [1.165, 1.54) is 4.57 Å². The van der Waals surface area contributed by atoms with Crippen molar-refractivity contribution in [1.29, 1.82) is 0 Å². The summed E-state index contributed by atoms with van der Waals surface area (Å²) < 4.78 is 6.47. The van der Waals surface area contributed by atoms with Crippen molar-refractivity contribution >= 4 is 23.3 Å². The van der Waals surface area contributed by atoms with Crippen molar-refractivity contribution in [2.75, 3.05) is 30.8 Å². The van der Waals surface area contributed by atoms with E-state index in [4.69, 9.17) is 4.74 Å². The Morgan fingerprint density at radius 1 is 1.04 bits per heavy atom. The van der Waals surface area contributed by atoms with Crippen LogP contribution in [0.1, 0.15) is 18.5 Å². The van der Waals surface area contributed by atoms with E-state index in [1.54, 1.807) is 55.3 Å². The maximum Gasteiger partial charge on any atom is 0.323 e. The maximum absolute atomic E-state index is 12.7. The monoisotopic (exact) mass is 384 g/mol. The summed E-state index contributed by atoms with van der Waals surface area (Å²) in [4.78, 5) is 39.2. The Labute approximate surface area is 163 Å². The third kappa shape index (κ3) is 4.51. The van der Waals surface area contributed by atoms with Crippen LogP contribution in [0, 0.1) is 6.92 Å². The van der Waals surface area contributed by atoms with Crippen molar-refractivity contribution in [2.45, 2.75) is 26.3 Å². The summed E-state index contributed by atoms with van der Waals surface area (Å²) in [5.41, 5.74) is 0.942. The molecule has 0 spiro atoms. The standard InChI is InChI=1S/C20H24N4O4/c1-14-5-10-17(19(26)24(14)13-18(25)23-11-3-4-12-23)22-20(27)21-15-6-8-16(28-2)9-7-15/h5-10H,3-4,11-13H2,1-2H3,(H2,21,22,27). The Morgan fingerprint density at radius 3 is 2.36 bits per heavy atom. The number of rotatable bonds is 5. The van der Waals surface area contributed by atoms with Crippen LogP contribution in [0.15, 0.2) is 41.2 Å². The van der Waals surface area contributed by atoms with Gasteiger partial charge in [-0.25, -0.2) is 4.79 Å². The Hall–Kier alpha value is -3.29. The maximum atomic E-state index is 12.7. The number of hydrogen-bond donors (Lipinski definition) is 2. The minimum atomic E-state index is -0.538. The van der Waals surface area contributed by atoms with Gasteiger partial charge in [-0.15, -0.1) is 0 Å². The number of pyridine rings is 1. The fourth-order valence-corrected chi connectivity index (χ4v) is 3.12. The van der Waals surface area contributed by atoms with Gasteiger partial charge in [-0.1, -0.05) is 0 Å². The molecular formula is C20H24N4O4. The Balaban J connectivity index is 1.70. The van der Waals surface area contributed by atoms with Crippen molar-refractivity contribution < 1.29 is 14.3 Å². The molecule has 0 bridgehead atoms.